The highest BCUT2D eigenvalue weighted by molar-refractivity contribution is 14.1. The van der Waals surface area contributed by atoms with Gasteiger partial charge in [-0.3, -0.25) is 9.78 Å². The van der Waals surface area contributed by atoms with Gasteiger partial charge in [-0.15, -0.1) is 0 Å². The first-order valence-electron chi connectivity index (χ1n) is 9.23. The number of ether oxygens (including phenoxy) is 1. The summed E-state index contributed by atoms with van der Waals surface area (Å²) >= 11 is 3.55. The van der Waals surface area contributed by atoms with Crippen molar-refractivity contribution in [1.82, 2.24) is 10.1 Å². The summed E-state index contributed by atoms with van der Waals surface area (Å²) in [5, 5.41) is 19.1. The summed E-state index contributed by atoms with van der Waals surface area (Å²) in [6.45, 7) is 4.32. The SMILES string of the molecule is CCOc1cc([C@@H]2Nc3ccccc3-c3c(=O)[nH]c(SCC)n[n+]32)cc(I)c1O. The van der Waals surface area contributed by atoms with Crippen LogP contribution in [-0.2, 0) is 0 Å². The van der Waals surface area contributed by atoms with Gasteiger partial charge in [0.05, 0.1) is 21.4 Å². The predicted molar refractivity (Wildman–Crippen MR) is 121 cm³/mol. The molecule has 2 aromatic carbocycles. The van der Waals surface area contributed by atoms with Crippen molar-refractivity contribution in [2.75, 3.05) is 17.7 Å². The van der Waals surface area contributed by atoms with Gasteiger partial charge in [0.25, 0.3) is 6.17 Å². The highest BCUT2D eigenvalue weighted by Crippen LogP contribution is 2.37. The molecule has 9 heteroatoms. The molecule has 2 heterocycles. The maximum absolute atomic E-state index is 13.0. The van der Waals surface area contributed by atoms with Crippen LogP contribution >= 0.6 is 34.4 Å². The van der Waals surface area contributed by atoms with E-state index in [2.05, 4.69) is 32.9 Å². The Morgan fingerprint density at radius 1 is 1.31 bits per heavy atom. The molecule has 7 nitrogen and oxygen atoms in total. The number of nitrogens with one attached hydrogen (secondary N) is 2. The van der Waals surface area contributed by atoms with Crippen LogP contribution in [0.5, 0.6) is 11.5 Å². The zero-order valence-electron chi connectivity index (χ0n) is 15.9. The molecule has 1 aromatic heterocycles. The number of thioether (sulfide) groups is 1. The maximum Gasteiger partial charge on any atom is 0.325 e. The first-order valence-corrected chi connectivity index (χ1v) is 11.3. The number of phenolic OH excluding ortho intramolecular Hbond substituents is 1. The number of aromatic hydroxyl groups is 1. The minimum atomic E-state index is -0.424. The molecular formula is C20H20IN4O3S+. The molecule has 0 saturated carbocycles. The molecule has 0 saturated heterocycles. The molecule has 0 spiro atoms. The standard InChI is InChI=1S/C20H19IN4O3S/c1-3-28-15-10-11(9-13(21)17(15)26)18-22-14-8-6-5-7-12(14)16-19(27)23-20(29-4-2)24-25(16)18/h5-10,18H,3-4H2,1-2H3,(H2,23,24,26,27)/p+1/t18-/m1/s1. The van der Waals surface area contributed by atoms with E-state index in [0.29, 0.717) is 26.8 Å². The lowest BCUT2D eigenvalue weighted by atomic mass is 10.0. The van der Waals surface area contributed by atoms with Crippen LogP contribution in [0.15, 0.2) is 46.3 Å². The van der Waals surface area contributed by atoms with E-state index in [0.717, 1.165) is 22.6 Å². The van der Waals surface area contributed by atoms with Crippen molar-refractivity contribution in [3.8, 4) is 22.8 Å². The average molecular weight is 523 g/mol. The van der Waals surface area contributed by atoms with Crippen LogP contribution in [-0.4, -0.2) is 27.5 Å². The van der Waals surface area contributed by atoms with Crippen LogP contribution in [0.2, 0.25) is 0 Å². The summed E-state index contributed by atoms with van der Waals surface area (Å²) in [6.07, 6.45) is -0.424. The van der Waals surface area contributed by atoms with Gasteiger partial charge in [-0.1, -0.05) is 30.8 Å². The molecule has 1 atom stereocenters. The first-order chi connectivity index (χ1) is 14.0. The normalized spacial score (nSPS) is 14.7. The molecule has 0 amide bonds. The average Bonchev–Trinajstić information content (AvgIpc) is 2.71. The quantitative estimate of drug-likeness (QED) is 0.270. The fraction of sp³-hybridized carbons (Fsp3) is 0.250. The van der Waals surface area contributed by atoms with Crippen LogP contribution in [0.1, 0.15) is 25.6 Å². The van der Waals surface area contributed by atoms with E-state index < -0.39 is 6.17 Å². The van der Waals surface area contributed by atoms with Crippen LogP contribution in [0.4, 0.5) is 5.69 Å². The topological polar surface area (TPSA) is 91.1 Å². The number of nitrogens with zero attached hydrogens (tertiary/aromatic N) is 2. The fourth-order valence-electron chi connectivity index (χ4n) is 3.33. The molecule has 0 fully saturated rings. The van der Waals surface area contributed by atoms with Crippen molar-refractivity contribution in [2.45, 2.75) is 25.2 Å². The van der Waals surface area contributed by atoms with Gasteiger partial charge in [-0.05, 0) is 64.2 Å². The van der Waals surface area contributed by atoms with Crippen LogP contribution in [0.25, 0.3) is 11.3 Å². The smallest absolute Gasteiger partial charge is 0.325 e. The maximum atomic E-state index is 13.0. The number of halogens is 1. The molecule has 0 radical (unpaired) electrons. The summed E-state index contributed by atoms with van der Waals surface area (Å²) in [5.74, 6) is 1.31. The number of benzene rings is 2. The number of anilines is 1. The van der Waals surface area contributed by atoms with E-state index in [1.54, 1.807) is 10.7 Å². The molecule has 3 aromatic rings. The third kappa shape index (κ3) is 3.68. The largest absolute Gasteiger partial charge is 0.504 e. The van der Waals surface area contributed by atoms with Gasteiger partial charge in [0.1, 0.15) is 0 Å². The first kappa shape index (κ1) is 20.0. The number of hydrogen-bond donors (Lipinski definition) is 3. The highest BCUT2D eigenvalue weighted by Gasteiger charge is 2.38. The lowest BCUT2D eigenvalue weighted by molar-refractivity contribution is -0.759. The van der Waals surface area contributed by atoms with Gasteiger partial charge >= 0.3 is 11.3 Å². The summed E-state index contributed by atoms with van der Waals surface area (Å²) < 4.78 is 7.99. The van der Waals surface area contributed by atoms with Crippen molar-refractivity contribution >= 4 is 40.0 Å². The number of aromatic amines is 1. The Labute approximate surface area is 185 Å². The predicted octanol–water partition coefficient (Wildman–Crippen LogP) is 3.52. The minimum Gasteiger partial charge on any atom is -0.504 e. The third-order valence-electron chi connectivity index (χ3n) is 4.53. The van der Waals surface area contributed by atoms with Crippen molar-refractivity contribution in [3.63, 3.8) is 0 Å². The van der Waals surface area contributed by atoms with Crippen molar-refractivity contribution < 1.29 is 14.5 Å². The number of H-pyrrole nitrogens is 1. The molecule has 0 aliphatic carbocycles. The Kier molecular flexibility index (Phi) is 5.68. The summed E-state index contributed by atoms with van der Waals surface area (Å²) in [7, 11) is 0. The van der Waals surface area contributed by atoms with E-state index in [9.17, 15) is 9.90 Å². The van der Waals surface area contributed by atoms with E-state index >= 15 is 0 Å². The van der Waals surface area contributed by atoms with Gasteiger partial charge in [-0.25, -0.2) is 0 Å². The van der Waals surface area contributed by atoms with E-state index in [1.807, 2.05) is 44.2 Å². The lowest BCUT2D eigenvalue weighted by Gasteiger charge is -2.23. The van der Waals surface area contributed by atoms with Crippen molar-refractivity contribution in [1.29, 1.82) is 0 Å². The number of rotatable bonds is 5. The van der Waals surface area contributed by atoms with Gasteiger partial charge in [-0.2, -0.15) is 0 Å². The number of fused-ring (bicyclic) bond motifs is 3. The van der Waals surface area contributed by atoms with Crippen molar-refractivity contribution in [3.05, 3.63) is 55.9 Å². The van der Waals surface area contributed by atoms with Gasteiger partial charge in [0, 0.05) is 10.7 Å². The van der Waals surface area contributed by atoms with Crippen LogP contribution in [0.3, 0.4) is 0 Å². The number of aromatic nitrogens is 3. The molecule has 0 unspecified atom stereocenters. The Hall–Kier alpha value is -2.27. The molecule has 4 rings (SSSR count). The Balaban J connectivity index is 1.94. The van der Waals surface area contributed by atoms with Crippen molar-refractivity contribution in [2.24, 2.45) is 0 Å². The molecule has 0 bridgehead atoms. The van der Waals surface area contributed by atoms with E-state index in [-0.39, 0.29) is 11.3 Å². The van der Waals surface area contributed by atoms with E-state index in [1.165, 1.54) is 11.8 Å². The second-order valence-electron chi connectivity index (χ2n) is 6.36. The lowest BCUT2D eigenvalue weighted by Crippen LogP contribution is -2.55. The monoisotopic (exact) mass is 523 g/mol. The third-order valence-corrected chi connectivity index (χ3v) is 6.10. The molecule has 1 aliphatic rings. The second kappa shape index (κ2) is 8.23. The Morgan fingerprint density at radius 2 is 2.10 bits per heavy atom. The molecule has 150 valence electrons. The summed E-state index contributed by atoms with van der Waals surface area (Å²) in [5.41, 5.74) is 2.78. The summed E-state index contributed by atoms with van der Waals surface area (Å²) in [6, 6.07) is 11.3. The van der Waals surface area contributed by atoms with Gasteiger partial charge < -0.3 is 15.2 Å². The zero-order valence-corrected chi connectivity index (χ0v) is 18.9. The number of phenols is 1. The Bertz CT molecular complexity index is 1140. The van der Waals surface area contributed by atoms with Gasteiger partial charge in [0.15, 0.2) is 11.5 Å². The minimum absolute atomic E-state index is 0.110. The summed E-state index contributed by atoms with van der Waals surface area (Å²) in [4.78, 5) is 15.8. The molecular weight excluding hydrogens is 503 g/mol. The Morgan fingerprint density at radius 3 is 2.86 bits per heavy atom. The highest BCUT2D eigenvalue weighted by atomic mass is 127. The number of para-hydroxylation sites is 1. The number of hydrogen-bond acceptors (Lipinski definition) is 6. The second-order valence-corrected chi connectivity index (χ2v) is 8.78. The zero-order chi connectivity index (χ0) is 20.5. The van der Waals surface area contributed by atoms with E-state index in [4.69, 9.17) is 9.84 Å². The van der Waals surface area contributed by atoms with Gasteiger partial charge in [0.2, 0.25) is 5.16 Å². The fourth-order valence-corrected chi connectivity index (χ4v) is 4.54. The molecule has 1 aliphatic heterocycles. The molecule has 3 N–H and O–H groups in total. The van der Waals surface area contributed by atoms with Crippen LogP contribution in [0, 0.1) is 3.57 Å². The van der Waals surface area contributed by atoms with Crippen LogP contribution < -0.4 is 20.3 Å². The molecule has 29 heavy (non-hydrogen) atoms.